The molecule has 4 aromatic rings. The van der Waals surface area contributed by atoms with E-state index in [4.69, 9.17) is 4.74 Å². The number of nitrogens with zero attached hydrogens (tertiary/aromatic N) is 3. The molecule has 0 atom stereocenters. The average Bonchev–Trinajstić information content (AvgIpc) is 3.26. The molecule has 0 aliphatic rings. The minimum atomic E-state index is -0.0517. The highest BCUT2D eigenvalue weighted by atomic mass is 32.2. The first-order valence-electron chi connectivity index (χ1n) is 10.2. The number of methoxy groups -OCH3 is 1. The number of thioether (sulfide) groups is 1. The molecular weight excluding hydrogens is 420 g/mol. The van der Waals surface area contributed by atoms with Crippen molar-refractivity contribution in [1.29, 1.82) is 0 Å². The number of para-hydroxylation sites is 1. The number of hydrogen-bond acceptors (Lipinski definition) is 5. The zero-order valence-electron chi connectivity index (χ0n) is 18.0. The zero-order valence-corrected chi connectivity index (χ0v) is 18.8. The normalized spacial score (nSPS) is 10.7. The standard InChI is InChI=1S/C25H24N4O2S/c1-18-8-6-7-11-22(18)29-24(20-12-14-21(31-2)15-13-20)27-28-25(29)32-17-23(30)26-16-19-9-4-3-5-10-19/h3-15H,16-17H2,1-2H3,(H,26,30). The molecule has 32 heavy (non-hydrogen) atoms. The summed E-state index contributed by atoms with van der Waals surface area (Å²) in [5.41, 5.74) is 4.06. The van der Waals surface area contributed by atoms with E-state index in [1.807, 2.05) is 90.4 Å². The molecule has 162 valence electrons. The molecule has 0 aliphatic carbocycles. The van der Waals surface area contributed by atoms with Crippen LogP contribution in [0.1, 0.15) is 11.1 Å². The van der Waals surface area contributed by atoms with Crippen LogP contribution in [0.15, 0.2) is 84.0 Å². The molecule has 1 aromatic heterocycles. The first-order chi connectivity index (χ1) is 15.7. The monoisotopic (exact) mass is 444 g/mol. The fourth-order valence-corrected chi connectivity index (χ4v) is 4.07. The van der Waals surface area contributed by atoms with E-state index in [9.17, 15) is 4.79 Å². The minimum Gasteiger partial charge on any atom is -0.497 e. The van der Waals surface area contributed by atoms with Gasteiger partial charge in [-0.1, -0.05) is 60.3 Å². The summed E-state index contributed by atoms with van der Waals surface area (Å²) in [5.74, 6) is 1.69. The molecule has 1 N–H and O–H groups in total. The maximum atomic E-state index is 12.4. The van der Waals surface area contributed by atoms with Crippen LogP contribution in [-0.2, 0) is 11.3 Å². The van der Waals surface area contributed by atoms with E-state index in [2.05, 4.69) is 15.5 Å². The summed E-state index contributed by atoms with van der Waals surface area (Å²) in [6, 6.07) is 25.6. The summed E-state index contributed by atoms with van der Waals surface area (Å²) in [6.07, 6.45) is 0. The Balaban J connectivity index is 1.57. The molecule has 4 rings (SSSR count). The molecule has 0 spiro atoms. The van der Waals surface area contributed by atoms with Crippen LogP contribution in [0.2, 0.25) is 0 Å². The molecule has 0 aliphatic heterocycles. The summed E-state index contributed by atoms with van der Waals surface area (Å²) >= 11 is 1.37. The van der Waals surface area contributed by atoms with Crippen molar-refractivity contribution < 1.29 is 9.53 Å². The number of rotatable bonds is 8. The Bertz CT molecular complexity index is 1190. The number of hydrogen-bond donors (Lipinski definition) is 1. The van der Waals surface area contributed by atoms with E-state index in [1.54, 1.807) is 7.11 Å². The van der Waals surface area contributed by atoms with Gasteiger partial charge in [0.15, 0.2) is 11.0 Å². The lowest BCUT2D eigenvalue weighted by Crippen LogP contribution is -2.24. The van der Waals surface area contributed by atoms with Gasteiger partial charge in [-0.15, -0.1) is 10.2 Å². The Morgan fingerprint density at radius 3 is 2.41 bits per heavy atom. The number of aryl methyl sites for hydroxylation is 1. The molecule has 1 amide bonds. The summed E-state index contributed by atoms with van der Waals surface area (Å²) < 4.78 is 7.28. The Kier molecular flexibility index (Phi) is 6.87. The Hall–Kier alpha value is -3.58. The van der Waals surface area contributed by atoms with E-state index in [-0.39, 0.29) is 11.7 Å². The molecule has 0 radical (unpaired) electrons. The second-order valence-electron chi connectivity index (χ2n) is 7.21. The molecule has 0 unspecified atom stereocenters. The van der Waals surface area contributed by atoms with Crippen molar-refractivity contribution in [3.8, 4) is 22.8 Å². The number of benzene rings is 3. The third kappa shape index (κ3) is 5.00. The van der Waals surface area contributed by atoms with Crippen LogP contribution >= 0.6 is 11.8 Å². The van der Waals surface area contributed by atoms with Gasteiger partial charge in [-0.2, -0.15) is 0 Å². The highest BCUT2D eigenvalue weighted by Gasteiger charge is 2.18. The summed E-state index contributed by atoms with van der Waals surface area (Å²) in [6.45, 7) is 2.55. The number of nitrogens with one attached hydrogen (secondary N) is 1. The zero-order chi connectivity index (χ0) is 22.3. The topological polar surface area (TPSA) is 69.0 Å². The summed E-state index contributed by atoms with van der Waals surface area (Å²) in [4.78, 5) is 12.4. The molecule has 0 saturated carbocycles. The fraction of sp³-hybridized carbons (Fsp3) is 0.160. The lowest BCUT2D eigenvalue weighted by Gasteiger charge is -2.13. The molecule has 1 heterocycles. The molecule has 0 saturated heterocycles. The largest absolute Gasteiger partial charge is 0.497 e. The molecule has 6 nitrogen and oxygen atoms in total. The molecule has 0 fully saturated rings. The van der Waals surface area contributed by atoms with Gasteiger partial charge in [0.05, 0.1) is 18.6 Å². The predicted molar refractivity (Wildman–Crippen MR) is 127 cm³/mol. The number of carbonyl (C=O) groups is 1. The summed E-state index contributed by atoms with van der Waals surface area (Å²) in [7, 11) is 1.64. The lowest BCUT2D eigenvalue weighted by molar-refractivity contribution is -0.118. The van der Waals surface area contributed by atoms with Crippen LogP contribution in [0.4, 0.5) is 0 Å². The van der Waals surface area contributed by atoms with E-state index in [1.165, 1.54) is 11.8 Å². The van der Waals surface area contributed by atoms with Gasteiger partial charge in [0.25, 0.3) is 0 Å². The van der Waals surface area contributed by atoms with Crippen molar-refractivity contribution >= 4 is 17.7 Å². The van der Waals surface area contributed by atoms with Crippen molar-refractivity contribution in [2.24, 2.45) is 0 Å². The van der Waals surface area contributed by atoms with Crippen molar-refractivity contribution in [2.75, 3.05) is 12.9 Å². The maximum absolute atomic E-state index is 12.4. The molecule has 7 heteroatoms. The van der Waals surface area contributed by atoms with Crippen LogP contribution in [0.25, 0.3) is 17.1 Å². The Morgan fingerprint density at radius 2 is 1.69 bits per heavy atom. The van der Waals surface area contributed by atoms with E-state index in [0.717, 1.165) is 28.1 Å². The van der Waals surface area contributed by atoms with Crippen molar-refractivity contribution in [3.05, 3.63) is 90.0 Å². The van der Waals surface area contributed by atoms with Crippen molar-refractivity contribution in [1.82, 2.24) is 20.1 Å². The SMILES string of the molecule is COc1ccc(-c2nnc(SCC(=O)NCc3ccccc3)n2-c2ccccc2C)cc1. The summed E-state index contributed by atoms with van der Waals surface area (Å²) in [5, 5.41) is 12.5. The van der Waals surface area contributed by atoms with E-state index < -0.39 is 0 Å². The van der Waals surface area contributed by atoms with E-state index >= 15 is 0 Å². The van der Waals surface area contributed by atoms with Gasteiger partial charge in [0.1, 0.15) is 5.75 Å². The van der Waals surface area contributed by atoms with Gasteiger partial charge in [-0.3, -0.25) is 9.36 Å². The third-order valence-corrected chi connectivity index (χ3v) is 5.93. The van der Waals surface area contributed by atoms with Crippen LogP contribution in [0.3, 0.4) is 0 Å². The highest BCUT2D eigenvalue weighted by molar-refractivity contribution is 7.99. The number of carbonyl (C=O) groups excluding carboxylic acids is 1. The van der Waals surface area contributed by atoms with Gasteiger partial charge in [-0.25, -0.2) is 0 Å². The molecular formula is C25H24N4O2S. The lowest BCUT2D eigenvalue weighted by atomic mass is 10.1. The van der Waals surface area contributed by atoms with Crippen LogP contribution in [0, 0.1) is 6.92 Å². The second kappa shape index (κ2) is 10.2. The van der Waals surface area contributed by atoms with Gasteiger partial charge >= 0.3 is 0 Å². The number of ether oxygens (including phenoxy) is 1. The van der Waals surface area contributed by atoms with Crippen molar-refractivity contribution in [2.45, 2.75) is 18.6 Å². The smallest absolute Gasteiger partial charge is 0.230 e. The predicted octanol–water partition coefficient (Wildman–Crippen LogP) is 4.66. The number of amides is 1. The highest BCUT2D eigenvalue weighted by Crippen LogP contribution is 2.30. The Morgan fingerprint density at radius 1 is 0.969 bits per heavy atom. The van der Waals surface area contributed by atoms with E-state index in [0.29, 0.717) is 17.5 Å². The first kappa shape index (κ1) is 21.6. The van der Waals surface area contributed by atoms with Gasteiger partial charge in [0.2, 0.25) is 5.91 Å². The van der Waals surface area contributed by atoms with Crippen LogP contribution < -0.4 is 10.1 Å². The number of aromatic nitrogens is 3. The average molecular weight is 445 g/mol. The van der Waals surface area contributed by atoms with Crippen LogP contribution in [0.5, 0.6) is 5.75 Å². The third-order valence-electron chi connectivity index (χ3n) is 5.00. The van der Waals surface area contributed by atoms with Gasteiger partial charge < -0.3 is 10.1 Å². The van der Waals surface area contributed by atoms with Crippen LogP contribution in [-0.4, -0.2) is 33.5 Å². The second-order valence-corrected chi connectivity index (χ2v) is 8.15. The maximum Gasteiger partial charge on any atom is 0.230 e. The molecule has 0 bridgehead atoms. The quantitative estimate of drug-likeness (QED) is 0.400. The van der Waals surface area contributed by atoms with Gasteiger partial charge in [0, 0.05) is 12.1 Å². The minimum absolute atomic E-state index is 0.0517. The Labute approximate surface area is 191 Å². The van der Waals surface area contributed by atoms with Crippen molar-refractivity contribution in [3.63, 3.8) is 0 Å². The first-order valence-corrected chi connectivity index (χ1v) is 11.2. The fourth-order valence-electron chi connectivity index (χ4n) is 3.30. The van der Waals surface area contributed by atoms with Gasteiger partial charge in [-0.05, 0) is 48.4 Å². The molecule has 3 aromatic carbocycles.